The van der Waals surface area contributed by atoms with Gasteiger partial charge in [-0.1, -0.05) is 41.9 Å². The highest BCUT2D eigenvalue weighted by Crippen LogP contribution is 2.28. The first-order chi connectivity index (χ1) is 11.3. The monoisotopic (exact) mass is 360 g/mol. The van der Waals surface area contributed by atoms with Crippen molar-refractivity contribution in [3.05, 3.63) is 62.7 Å². The van der Waals surface area contributed by atoms with Gasteiger partial charge in [-0.2, -0.15) is 9.64 Å². The van der Waals surface area contributed by atoms with Crippen LogP contribution in [0, 0.1) is 11.3 Å². The molecular formula is C16H13ClN4S2. The first-order valence-corrected chi connectivity index (χ1v) is 9.05. The first-order valence-electron chi connectivity index (χ1n) is 7.02. The molecule has 0 spiro atoms. The highest BCUT2D eigenvalue weighted by atomic mass is 35.5. The van der Waals surface area contributed by atoms with E-state index in [1.807, 2.05) is 11.4 Å². The summed E-state index contributed by atoms with van der Waals surface area (Å²) in [6, 6.07) is 12.5. The smallest absolute Gasteiger partial charge is 0.162 e. The summed E-state index contributed by atoms with van der Waals surface area (Å²) in [5.74, 6) is 0. The van der Waals surface area contributed by atoms with Crippen LogP contribution in [-0.2, 0) is 19.4 Å². The highest BCUT2D eigenvalue weighted by molar-refractivity contribution is 7.11. The van der Waals surface area contributed by atoms with Crippen molar-refractivity contribution in [1.82, 2.24) is 9.36 Å². The molecule has 2 aromatic heterocycles. The predicted octanol–water partition coefficient (Wildman–Crippen LogP) is 4.52. The number of hydrogen-bond acceptors (Lipinski definition) is 6. The number of halogens is 1. The van der Waals surface area contributed by atoms with Crippen LogP contribution in [0.4, 0.5) is 5.00 Å². The SMILES string of the molecule is N#Cc1c(Cl)nsc1NCc1csc(CCc2ccccc2)n1. The zero-order chi connectivity index (χ0) is 16.1. The molecule has 4 nitrogen and oxygen atoms in total. The van der Waals surface area contributed by atoms with E-state index >= 15 is 0 Å². The number of anilines is 1. The molecule has 0 bridgehead atoms. The highest BCUT2D eigenvalue weighted by Gasteiger charge is 2.12. The van der Waals surface area contributed by atoms with Crippen LogP contribution in [0.5, 0.6) is 0 Å². The van der Waals surface area contributed by atoms with Gasteiger partial charge >= 0.3 is 0 Å². The third kappa shape index (κ3) is 4.08. The molecule has 3 aromatic rings. The van der Waals surface area contributed by atoms with Crippen molar-refractivity contribution in [2.24, 2.45) is 0 Å². The summed E-state index contributed by atoms with van der Waals surface area (Å²) in [5, 5.41) is 16.3. The van der Waals surface area contributed by atoms with Gasteiger partial charge in [0.25, 0.3) is 0 Å². The van der Waals surface area contributed by atoms with Crippen molar-refractivity contribution in [3.8, 4) is 6.07 Å². The van der Waals surface area contributed by atoms with E-state index in [4.69, 9.17) is 16.9 Å². The number of nitriles is 1. The maximum Gasteiger partial charge on any atom is 0.162 e. The maximum absolute atomic E-state index is 9.05. The molecule has 116 valence electrons. The van der Waals surface area contributed by atoms with E-state index in [1.54, 1.807) is 11.3 Å². The Hall–Kier alpha value is -1.94. The van der Waals surface area contributed by atoms with Crippen LogP contribution in [0.2, 0.25) is 5.15 Å². The second kappa shape index (κ2) is 7.55. The van der Waals surface area contributed by atoms with Gasteiger partial charge < -0.3 is 5.32 Å². The van der Waals surface area contributed by atoms with Gasteiger partial charge in [0.05, 0.1) is 17.2 Å². The van der Waals surface area contributed by atoms with Crippen LogP contribution in [0.1, 0.15) is 21.8 Å². The maximum atomic E-state index is 9.05. The molecule has 1 aromatic carbocycles. The van der Waals surface area contributed by atoms with Gasteiger partial charge in [0.2, 0.25) is 0 Å². The lowest BCUT2D eigenvalue weighted by Crippen LogP contribution is -2.00. The summed E-state index contributed by atoms with van der Waals surface area (Å²) in [5.41, 5.74) is 2.68. The number of aryl methyl sites for hydroxylation is 2. The molecule has 0 unspecified atom stereocenters. The van der Waals surface area contributed by atoms with Crippen LogP contribution in [0.25, 0.3) is 0 Å². The van der Waals surface area contributed by atoms with E-state index in [1.165, 1.54) is 17.1 Å². The van der Waals surface area contributed by atoms with Crippen LogP contribution < -0.4 is 5.32 Å². The van der Waals surface area contributed by atoms with E-state index < -0.39 is 0 Å². The Morgan fingerprint density at radius 3 is 2.83 bits per heavy atom. The van der Waals surface area contributed by atoms with Gasteiger partial charge in [0.15, 0.2) is 5.15 Å². The lowest BCUT2D eigenvalue weighted by Gasteiger charge is -2.00. The lowest BCUT2D eigenvalue weighted by atomic mass is 10.1. The van der Waals surface area contributed by atoms with Gasteiger partial charge in [-0.3, -0.25) is 0 Å². The van der Waals surface area contributed by atoms with Gasteiger partial charge in [-0.25, -0.2) is 4.98 Å². The standard InChI is InChI=1S/C16H13ClN4S2/c17-15-13(8-18)16(23-21-15)19-9-12-10-22-14(20-12)7-6-11-4-2-1-3-5-11/h1-5,10,19H,6-7,9H2. The van der Waals surface area contributed by atoms with Crippen molar-refractivity contribution in [2.45, 2.75) is 19.4 Å². The Bertz CT molecular complexity index is 820. The number of nitrogens with zero attached hydrogens (tertiary/aromatic N) is 3. The number of benzene rings is 1. The Kier molecular flexibility index (Phi) is 5.23. The quantitative estimate of drug-likeness (QED) is 0.701. The minimum absolute atomic E-state index is 0.252. The summed E-state index contributed by atoms with van der Waals surface area (Å²) in [4.78, 5) is 4.63. The Labute approximate surface area is 147 Å². The normalized spacial score (nSPS) is 10.4. The van der Waals surface area contributed by atoms with Crippen molar-refractivity contribution in [3.63, 3.8) is 0 Å². The van der Waals surface area contributed by atoms with Crippen LogP contribution >= 0.6 is 34.5 Å². The van der Waals surface area contributed by atoms with Gasteiger partial charge in [0.1, 0.15) is 16.6 Å². The number of nitrogens with one attached hydrogen (secondary N) is 1. The Balaban J connectivity index is 1.56. The summed E-state index contributed by atoms with van der Waals surface area (Å²) in [6.45, 7) is 0.565. The zero-order valence-electron chi connectivity index (χ0n) is 12.1. The number of aromatic nitrogens is 2. The van der Waals surface area contributed by atoms with E-state index in [2.05, 4.69) is 45.0 Å². The summed E-state index contributed by atoms with van der Waals surface area (Å²) >= 11 is 8.71. The average molecular weight is 361 g/mol. The van der Waals surface area contributed by atoms with Gasteiger partial charge in [-0.15, -0.1) is 11.3 Å². The fourth-order valence-corrected chi connectivity index (χ4v) is 3.83. The molecular weight excluding hydrogens is 348 g/mol. The molecule has 2 heterocycles. The van der Waals surface area contributed by atoms with Gasteiger partial charge in [-0.05, 0) is 23.5 Å². The number of thiazole rings is 1. The zero-order valence-corrected chi connectivity index (χ0v) is 14.5. The lowest BCUT2D eigenvalue weighted by molar-refractivity contribution is 0.925. The largest absolute Gasteiger partial charge is 0.369 e. The molecule has 0 fully saturated rings. The van der Waals surface area contributed by atoms with Crippen molar-refractivity contribution in [2.75, 3.05) is 5.32 Å². The van der Waals surface area contributed by atoms with Crippen molar-refractivity contribution >= 4 is 39.5 Å². The molecule has 0 amide bonds. The van der Waals surface area contributed by atoms with Crippen molar-refractivity contribution < 1.29 is 0 Å². The molecule has 0 saturated heterocycles. The molecule has 0 atom stereocenters. The second-order valence-electron chi connectivity index (χ2n) is 4.86. The molecule has 0 aliphatic carbocycles. The Morgan fingerprint density at radius 2 is 2.04 bits per heavy atom. The van der Waals surface area contributed by atoms with E-state index in [9.17, 15) is 0 Å². The van der Waals surface area contributed by atoms with E-state index in [0.29, 0.717) is 17.1 Å². The van der Waals surface area contributed by atoms with Crippen LogP contribution in [-0.4, -0.2) is 9.36 Å². The summed E-state index contributed by atoms with van der Waals surface area (Å²) in [7, 11) is 0. The minimum Gasteiger partial charge on any atom is -0.369 e. The average Bonchev–Trinajstić information content (AvgIpc) is 3.18. The molecule has 23 heavy (non-hydrogen) atoms. The third-order valence-corrected chi connectivity index (χ3v) is 5.40. The molecule has 7 heteroatoms. The number of rotatable bonds is 6. The second-order valence-corrected chi connectivity index (χ2v) is 6.94. The molecule has 3 rings (SSSR count). The summed E-state index contributed by atoms with van der Waals surface area (Å²) in [6.07, 6.45) is 1.93. The molecule has 1 N–H and O–H groups in total. The van der Waals surface area contributed by atoms with Gasteiger partial charge in [0, 0.05) is 11.8 Å². The van der Waals surface area contributed by atoms with E-state index in [0.717, 1.165) is 23.5 Å². The molecule has 0 aliphatic rings. The predicted molar refractivity (Wildman–Crippen MR) is 95.1 cm³/mol. The minimum atomic E-state index is 0.252. The van der Waals surface area contributed by atoms with E-state index in [-0.39, 0.29) is 5.15 Å². The number of hydrogen-bond donors (Lipinski definition) is 1. The van der Waals surface area contributed by atoms with Crippen LogP contribution in [0.15, 0.2) is 35.7 Å². The summed E-state index contributed by atoms with van der Waals surface area (Å²) < 4.78 is 3.97. The third-order valence-electron chi connectivity index (χ3n) is 3.26. The Morgan fingerprint density at radius 1 is 1.22 bits per heavy atom. The fourth-order valence-electron chi connectivity index (χ4n) is 2.10. The first kappa shape index (κ1) is 15.9. The topological polar surface area (TPSA) is 61.6 Å². The van der Waals surface area contributed by atoms with Crippen molar-refractivity contribution in [1.29, 1.82) is 5.26 Å². The fraction of sp³-hybridized carbons (Fsp3) is 0.188. The molecule has 0 radical (unpaired) electrons. The molecule has 0 saturated carbocycles. The van der Waals surface area contributed by atoms with Crippen LogP contribution in [0.3, 0.4) is 0 Å². The molecule has 0 aliphatic heterocycles.